The minimum atomic E-state index is -0.463. The quantitative estimate of drug-likeness (QED) is 0.654. The SMILES string of the molecule is CCNC(=NCc1ccco1)NC1CN(C(=O)OC(C)(C)C)C1. The summed E-state index contributed by atoms with van der Waals surface area (Å²) in [6, 6.07) is 3.91. The molecule has 0 bridgehead atoms. The summed E-state index contributed by atoms with van der Waals surface area (Å²) in [6.07, 6.45) is 1.36. The van der Waals surface area contributed by atoms with Crippen molar-refractivity contribution in [3.8, 4) is 0 Å². The molecule has 1 aromatic rings. The summed E-state index contributed by atoms with van der Waals surface area (Å²) in [5, 5.41) is 6.50. The number of nitrogens with zero attached hydrogens (tertiary/aromatic N) is 2. The van der Waals surface area contributed by atoms with Crippen LogP contribution in [-0.2, 0) is 11.3 Å². The highest BCUT2D eigenvalue weighted by Gasteiger charge is 2.34. The van der Waals surface area contributed by atoms with Crippen LogP contribution in [0.3, 0.4) is 0 Å². The zero-order chi connectivity index (χ0) is 16.9. The molecule has 0 atom stereocenters. The molecule has 1 saturated heterocycles. The molecule has 2 rings (SSSR count). The van der Waals surface area contributed by atoms with E-state index in [2.05, 4.69) is 15.6 Å². The molecule has 128 valence electrons. The van der Waals surface area contributed by atoms with Crippen molar-refractivity contribution in [2.45, 2.75) is 45.9 Å². The van der Waals surface area contributed by atoms with Gasteiger partial charge in [-0.1, -0.05) is 0 Å². The molecule has 0 aliphatic carbocycles. The van der Waals surface area contributed by atoms with Gasteiger partial charge in [0.1, 0.15) is 17.9 Å². The first kappa shape index (κ1) is 17.2. The zero-order valence-electron chi connectivity index (χ0n) is 14.3. The molecule has 7 nitrogen and oxygen atoms in total. The number of amides is 1. The maximum atomic E-state index is 11.9. The number of furan rings is 1. The highest BCUT2D eigenvalue weighted by Crippen LogP contribution is 2.15. The summed E-state index contributed by atoms with van der Waals surface area (Å²) >= 11 is 0. The van der Waals surface area contributed by atoms with Gasteiger partial charge in [-0.15, -0.1) is 0 Å². The Morgan fingerprint density at radius 1 is 1.48 bits per heavy atom. The lowest BCUT2D eigenvalue weighted by atomic mass is 10.1. The monoisotopic (exact) mass is 322 g/mol. The smallest absolute Gasteiger partial charge is 0.410 e. The Morgan fingerprint density at radius 3 is 2.78 bits per heavy atom. The molecule has 0 saturated carbocycles. The van der Waals surface area contributed by atoms with E-state index in [-0.39, 0.29) is 12.1 Å². The standard InChI is InChI=1S/C16H26N4O3/c1-5-17-14(18-9-13-7-6-8-22-13)19-12-10-20(11-12)15(21)23-16(2,3)4/h6-8,12H,5,9-11H2,1-4H3,(H2,17,18,19). The summed E-state index contributed by atoms with van der Waals surface area (Å²) in [5.74, 6) is 1.53. The average Bonchev–Trinajstić information content (AvgIpc) is 2.90. The summed E-state index contributed by atoms with van der Waals surface area (Å²) in [7, 11) is 0. The molecule has 1 fully saturated rings. The second-order valence-corrected chi connectivity index (χ2v) is 6.50. The fourth-order valence-electron chi connectivity index (χ4n) is 2.12. The van der Waals surface area contributed by atoms with Crippen molar-refractivity contribution in [3.05, 3.63) is 24.2 Å². The van der Waals surface area contributed by atoms with Crippen LogP contribution in [0.15, 0.2) is 27.8 Å². The molecule has 1 aliphatic rings. The molecule has 0 radical (unpaired) electrons. The third-order valence-corrected chi connectivity index (χ3v) is 3.19. The molecule has 23 heavy (non-hydrogen) atoms. The summed E-state index contributed by atoms with van der Waals surface area (Å²) in [5.41, 5.74) is -0.463. The van der Waals surface area contributed by atoms with Gasteiger partial charge < -0.3 is 24.7 Å². The number of aliphatic imine (C=N–C) groups is 1. The highest BCUT2D eigenvalue weighted by molar-refractivity contribution is 5.80. The van der Waals surface area contributed by atoms with E-state index in [4.69, 9.17) is 9.15 Å². The first-order valence-electron chi connectivity index (χ1n) is 7.92. The topological polar surface area (TPSA) is 79.1 Å². The van der Waals surface area contributed by atoms with E-state index in [0.717, 1.165) is 18.3 Å². The van der Waals surface area contributed by atoms with Gasteiger partial charge in [0, 0.05) is 19.6 Å². The van der Waals surface area contributed by atoms with E-state index in [1.807, 2.05) is 39.8 Å². The van der Waals surface area contributed by atoms with Crippen LogP contribution in [0.4, 0.5) is 4.79 Å². The van der Waals surface area contributed by atoms with E-state index in [1.165, 1.54) is 0 Å². The Balaban J connectivity index is 1.79. The molecule has 0 aromatic carbocycles. The number of guanidine groups is 1. The van der Waals surface area contributed by atoms with Crippen LogP contribution in [0.25, 0.3) is 0 Å². The van der Waals surface area contributed by atoms with Gasteiger partial charge in [0.2, 0.25) is 0 Å². The van der Waals surface area contributed by atoms with Crippen LogP contribution < -0.4 is 10.6 Å². The molecule has 2 N–H and O–H groups in total. The predicted molar refractivity (Wildman–Crippen MR) is 88.3 cm³/mol. The van der Waals surface area contributed by atoms with Crippen LogP contribution in [-0.4, -0.2) is 48.2 Å². The normalized spacial score (nSPS) is 16.0. The molecule has 1 aromatic heterocycles. The van der Waals surface area contributed by atoms with Crippen molar-refractivity contribution < 1.29 is 13.9 Å². The van der Waals surface area contributed by atoms with Crippen LogP contribution in [0.2, 0.25) is 0 Å². The number of ether oxygens (including phenoxy) is 1. The number of carbonyl (C=O) groups is 1. The Hall–Kier alpha value is -2.18. The molecule has 1 aliphatic heterocycles. The van der Waals surface area contributed by atoms with Crippen LogP contribution in [0, 0.1) is 0 Å². The molecule has 1 amide bonds. The fraction of sp³-hybridized carbons (Fsp3) is 0.625. The van der Waals surface area contributed by atoms with Crippen molar-refractivity contribution in [1.29, 1.82) is 0 Å². The van der Waals surface area contributed by atoms with Gasteiger partial charge in [-0.05, 0) is 39.8 Å². The Labute approximate surface area is 137 Å². The van der Waals surface area contributed by atoms with Gasteiger partial charge in [0.05, 0.1) is 12.3 Å². The van der Waals surface area contributed by atoms with E-state index in [0.29, 0.717) is 19.6 Å². The Morgan fingerprint density at radius 2 is 2.22 bits per heavy atom. The maximum Gasteiger partial charge on any atom is 0.410 e. The molecule has 7 heteroatoms. The first-order chi connectivity index (χ1) is 10.9. The van der Waals surface area contributed by atoms with E-state index >= 15 is 0 Å². The number of likely N-dealkylation sites (tertiary alicyclic amines) is 1. The Bertz CT molecular complexity index is 528. The van der Waals surface area contributed by atoms with Gasteiger partial charge in [-0.3, -0.25) is 0 Å². The highest BCUT2D eigenvalue weighted by atomic mass is 16.6. The van der Waals surface area contributed by atoms with Crippen LogP contribution >= 0.6 is 0 Å². The largest absolute Gasteiger partial charge is 0.467 e. The van der Waals surface area contributed by atoms with Crippen molar-refractivity contribution in [2.24, 2.45) is 4.99 Å². The second-order valence-electron chi connectivity index (χ2n) is 6.50. The molecule has 0 spiro atoms. The lowest BCUT2D eigenvalue weighted by Crippen LogP contribution is -2.63. The number of hydrogen-bond acceptors (Lipinski definition) is 4. The number of nitrogens with one attached hydrogen (secondary N) is 2. The fourth-order valence-corrected chi connectivity index (χ4v) is 2.12. The summed E-state index contributed by atoms with van der Waals surface area (Å²) in [6.45, 7) is 10.1. The first-order valence-corrected chi connectivity index (χ1v) is 7.92. The summed E-state index contributed by atoms with van der Waals surface area (Å²) < 4.78 is 10.6. The Kier molecular flexibility index (Phi) is 5.52. The van der Waals surface area contributed by atoms with Gasteiger partial charge in [-0.2, -0.15) is 0 Å². The van der Waals surface area contributed by atoms with E-state index < -0.39 is 5.60 Å². The van der Waals surface area contributed by atoms with E-state index in [1.54, 1.807) is 11.2 Å². The van der Waals surface area contributed by atoms with Gasteiger partial charge >= 0.3 is 6.09 Å². The molecule has 2 heterocycles. The summed E-state index contributed by atoms with van der Waals surface area (Å²) in [4.78, 5) is 18.0. The van der Waals surface area contributed by atoms with Crippen molar-refractivity contribution in [2.75, 3.05) is 19.6 Å². The molecule has 0 unspecified atom stereocenters. The second kappa shape index (κ2) is 7.39. The number of carbonyl (C=O) groups excluding carboxylic acids is 1. The van der Waals surface area contributed by atoms with Gasteiger partial charge in [0.15, 0.2) is 5.96 Å². The predicted octanol–water partition coefficient (Wildman–Crippen LogP) is 1.95. The van der Waals surface area contributed by atoms with Crippen molar-refractivity contribution in [3.63, 3.8) is 0 Å². The average molecular weight is 322 g/mol. The van der Waals surface area contributed by atoms with Crippen molar-refractivity contribution in [1.82, 2.24) is 15.5 Å². The number of rotatable bonds is 4. The maximum absolute atomic E-state index is 11.9. The lowest BCUT2D eigenvalue weighted by Gasteiger charge is -2.40. The third kappa shape index (κ3) is 5.50. The molecular weight excluding hydrogens is 296 g/mol. The van der Waals surface area contributed by atoms with Gasteiger partial charge in [0.25, 0.3) is 0 Å². The van der Waals surface area contributed by atoms with Gasteiger partial charge in [-0.25, -0.2) is 9.79 Å². The van der Waals surface area contributed by atoms with Crippen LogP contribution in [0.5, 0.6) is 0 Å². The van der Waals surface area contributed by atoms with Crippen molar-refractivity contribution >= 4 is 12.1 Å². The molecular formula is C16H26N4O3. The third-order valence-electron chi connectivity index (χ3n) is 3.19. The number of hydrogen-bond donors (Lipinski definition) is 2. The zero-order valence-corrected chi connectivity index (χ0v) is 14.3. The van der Waals surface area contributed by atoms with E-state index in [9.17, 15) is 4.79 Å². The van der Waals surface area contributed by atoms with Crippen LogP contribution in [0.1, 0.15) is 33.5 Å². The minimum Gasteiger partial charge on any atom is -0.467 e. The minimum absolute atomic E-state index is 0.178. The lowest BCUT2D eigenvalue weighted by molar-refractivity contribution is 0.00701.